The Morgan fingerprint density at radius 2 is 2.06 bits per heavy atom. The molecule has 1 aromatic rings. The number of nitrogens with zero attached hydrogens (tertiary/aromatic N) is 2. The van der Waals surface area contributed by atoms with Gasteiger partial charge in [-0.2, -0.15) is 0 Å². The molecule has 1 N–H and O–H groups in total. The van der Waals surface area contributed by atoms with E-state index in [-0.39, 0.29) is 30.6 Å². The van der Waals surface area contributed by atoms with Crippen molar-refractivity contribution >= 4 is 23.5 Å². The van der Waals surface area contributed by atoms with Gasteiger partial charge in [0.05, 0.1) is 24.3 Å². The number of amides is 2. The Hall–Kier alpha value is -2.81. The summed E-state index contributed by atoms with van der Waals surface area (Å²) in [5.41, 5.74) is -3.24. The van der Waals surface area contributed by atoms with Crippen LogP contribution < -0.4 is 14.4 Å². The molecule has 8 aliphatic rings. The SMILES string of the molecule is COC(=O)N1c2c(ccc3c2OCO3)[C@@]23[C@@H]4C(=O)N5CCC[C@]6(CC[C@]12[C@@](O)(C6)C4=O)[C@H]53. The third-order valence-corrected chi connectivity index (χ3v) is 9.93. The quantitative estimate of drug-likeness (QED) is 0.605. The van der Waals surface area contributed by atoms with Crippen molar-refractivity contribution in [3.8, 4) is 11.5 Å². The van der Waals surface area contributed by atoms with Crippen LogP contribution in [0.1, 0.15) is 37.7 Å². The van der Waals surface area contributed by atoms with Gasteiger partial charge < -0.3 is 24.2 Å². The van der Waals surface area contributed by atoms with Crippen LogP contribution in [0.3, 0.4) is 0 Å². The van der Waals surface area contributed by atoms with Crippen LogP contribution in [0.4, 0.5) is 10.5 Å². The van der Waals surface area contributed by atoms with Gasteiger partial charge in [-0.3, -0.25) is 14.5 Å². The van der Waals surface area contributed by atoms with Gasteiger partial charge in [0.15, 0.2) is 17.3 Å². The van der Waals surface area contributed by atoms with Crippen molar-refractivity contribution in [3.63, 3.8) is 0 Å². The summed E-state index contributed by atoms with van der Waals surface area (Å²) in [7, 11) is 1.29. The Morgan fingerprint density at radius 3 is 2.88 bits per heavy atom. The molecule has 1 aromatic carbocycles. The summed E-state index contributed by atoms with van der Waals surface area (Å²) in [5, 5.41) is 12.3. The first-order valence-corrected chi connectivity index (χ1v) is 11.3. The number of aliphatic hydroxyl groups is 1. The van der Waals surface area contributed by atoms with Gasteiger partial charge in [0.1, 0.15) is 17.1 Å². The van der Waals surface area contributed by atoms with E-state index in [1.165, 1.54) is 12.0 Å². The zero-order valence-electron chi connectivity index (χ0n) is 17.6. The Bertz CT molecular complexity index is 1200. The molecule has 0 unspecified atom stereocenters. The van der Waals surface area contributed by atoms with E-state index in [4.69, 9.17) is 14.2 Å². The van der Waals surface area contributed by atoms with Crippen molar-refractivity contribution in [2.24, 2.45) is 11.3 Å². The number of ketones is 1. The van der Waals surface area contributed by atoms with Crippen LogP contribution in [-0.2, 0) is 19.7 Å². The first kappa shape index (κ1) is 17.7. The standard InChI is InChI=1S/C23H22N2O7/c1-30-19(28)25-14-11(3-4-12-15(14)32-10-31-12)23-13-16(26)21(29)9-20(6-7-22(21,23)25)5-2-8-24(17(13)27)18(20)23/h3-4,13,18,29H,2,5-10H2,1H3/t13-,18-,20+,21+,22+,23-/m0/s1. The lowest BCUT2D eigenvalue weighted by Gasteiger charge is -2.69. The third-order valence-electron chi connectivity index (χ3n) is 9.93. The van der Waals surface area contributed by atoms with Gasteiger partial charge in [0.2, 0.25) is 12.7 Å². The van der Waals surface area contributed by atoms with Crippen molar-refractivity contribution in [3.05, 3.63) is 17.7 Å². The van der Waals surface area contributed by atoms with Gasteiger partial charge in [-0.25, -0.2) is 4.79 Å². The Kier molecular flexibility index (Phi) is 2.63. The third kappa shape index (κ3) is 1.29. The van der Waals surface area contributed by atoms with Crippen LogP contribution in [0, 0.1) is 11.3 Å². The molecule has 6 atom stereocenters. The number of anilines is 1. The van der Waals surface area contributed by atoms with E-state index in [1.54, 1.807) is 6.07 Å². The fourth-order valence-corrected chi connectivity index (χ4v) is 9.42. The fourth-order valence-electron chi connectivity index (χ4n) is 9.42. The average molecular weight is 438 g/mol. The maximum absolute atomic E-state index is 14.0. The normalized spacial score (nSPS) is 45.4. The van der Waals surface area contributed by atoms with Crippen LogP contribution in [0.2, 0.25) is 0 Å². The molecule has 0 aromatic heterocycles. The summed E-state index contributed by atoms with van der Waals surface area (Å²) in [5.74, 6) is -0.727. The molecular weight excluding hydrogens is 416 g/mol. The average Bonchev–Trinajstić information content (AvgIpc) is 3.46. The van der Waals surface area contributed by atoms with E-state index in [0.717, 1.165) is 24.8 Å². The topological polar surface area (TPSA) is 106 Å². The monoisotopic (exact) mass is 438 g/mol. The predicted octanol–water partition coefficient (Wildman–Crippen LogP) is 1.10. The Morgan fingerprint density at radius 1 is 1.22 bits per heavy atom. The zero-order valence-corrected chi connectivity index (χ0v) is 17.6. The number of rotatable bonds is 0. The summed E-state index contributed by atoms with van der Waals surface area (Å²) < 4.78 is 16.6. The first-order chi connectivity index (χ1) is 15.4. The van der Waals surface area contributed by atoms with E-state index in [9.17, 15) is 19.5 Å². The highest BCUT2D eigenvalue weighted by atomic mass is 16.7. The van der Waals surface area contributed by atoms with E-state index in [2.05, 4.69) is 0 Å². The van der Waals surface area contributed by atoms with Gasteiger partial charge in [-0.1, -0.05) is 6.07 Å². The molecule has 4 heterocycles. The molecule has 2 saturated heterocycles. The molecule has 6 fully saturated rings. The highest BCUT2D eigenvalue weighted by molar-refractivity contribution is 6.18. The largest absolute Gasteiger partial charge is 0.454 e. The lowest BCUT2D eigenvalue weighted by molar-refractivity contribution is -0.196. The second-order valence-electron chi connectivity index (χ2n) is 10.5. The Labute approximate surface area is 183 Å². The minimum atomic E-state index is -1.81. The molecule has 3 spiro atoms. The molecular formula is C23H22N2O7. The van der Waals surface area contributed by atoms with E-state index >= 15 is 0 Å². The van der Waals surface area contributed by atoms with E-state index in [1.807, 2.05) is 11.0 Å². The zero-order chi connectivity index (χ0) is 21.8. The molecule has 9 nitrogen and oxygen atoms in total. The van der Waals surface area contributed by atoms with Crippen molar-refractivity contribution in [1.29, 1.82) is 0 Å². The number of fused-ring (bicyclic) bond motifs is 4. The van der Waals surface area contributed by atoms with Gasteiger partial charge in [-0.05, 0) is 49.1 Å². The molecule has 32 heavy (non-hydrogen) atoms. The van der Waals surface area contributed by atoms with Gasteiger partial charge in [0.25, 0.3) is 0 Å². The Balaban J connectivity index is 1.57. The summed E-state index contributed by atoms with van der Waals surface area (Å²) in [6, 6.07) is 3.43. The lowest BCUT2D eigenvalue weighted by atomic mass is 9.40. The molecule has 4 bridgehead atoms. The summed E-state index contributed by atoms with van der Waals surface area (Å²) in [6.07, 6.45) is 2.51. The number of benzene rings is 1. The number of hydrogen-bond acceptors (Lipinski definition) is 7. The van der Waals surface area contributed by atoms with E-state index < -0.39 is 34.3 Å². The summed E-state index contributed by atoms with van der Waals surface area (Å²) in [4.78, 5) is 44.5. The summed E-state index contributed by atoms with van der Waals surface area (Å²) >= 11 is 0. The van der Waals surface area contributed by atoms with Crippen molar-refractivity contribution in [2.75, 3.05) is 25.3 Å². The van der Waals surface area contributed by atoms with Gasteiger partial charge in [0, 0.05) is 6.54 Å². The molecule has 9 rings (SSSR count). The smallest absolute Gasteiger partial charge is 0.414 e. The second-order valence-corrected chi connectivity index (χ2v) is 10.5. The maximum atomic E-state index is 14.0. The van der Waals surface area contributed by atoms with Crippen molar-refractivity contribution in [1.82, 2.24) is 4.90 Å². The predicted molar refractivity (Wildman–Crippen MR) is 106 cm³/mol. The molecule has 166 valence electrons. The number of hydrogen-bond donors (Lipinski definition) is 1. The second kappa shape index (κ2) is 4.76. The summed E-state index contributed by atoms with van der Waals surface area (Å²) in [6.45, 7) is 0.620. The van der Waals surface area contributed by atoms with Crippen LogP contribution in [-0.4, -0.2) is 65.4 Å². The highest BCUT2D eigenvalue weighted by Crippen LogP contribution is 2.82. The molecule has 0 radical (unpaired) electrons. The number of ether oxygens (including phenoxy) is 3. The molecule has 2 amide bonds. The maximum Gasteiger partial charge on any atom is 0.414 e. The van der Waals surface area contributed by atoms with Crippen LogP contribution in [0.15, 0.2) is 12.1 Å². The molecule has 9 heteroatoms. The first-order valence-electron chi connectivity index (χ1n) is 11.3. The number of piperidine rings is 1. The van der Waals surface area contributed by atoms with Crippen molar-refractivity contribution in [2.45, 2.75) is 54.7 Å². The fraction of sp³-hybridized carbons (Fsp3) is 0.609. The highest BCUT2D eigenvalue weighted by Gasteiger charge is 2.95. The van der Waals surface area contributed by atoms with E-state index in [0.29, 0.717) is 30.2 Å². The van der Waals surface area contributed by atoms with Crippen LogP contribution >= 0.6 is 0 Å². The number of carbonyl (C=O) groups excluding carboxylic acids is 3. The number of methoxy groups -OCH3 is 1. The molecule has 4 aliphatic heterocycles. The van der Waals surface area contributed by atoms with Crippen LogP contribution in [0.25, 0.3) is 0 Å². The lowest BCUT2D eigenvalue weighted by Crippen LogP contribution is -2.82. The van der Waals surface area contributed by atoms with Crippen LogP contribution in [0.5, 0.6) is 11.5 Å². The molecule has 4 saturated carbocycles. The molecule has 4 aliphatic carbocycles. The van der Waals surface area contributed by atoms with Crippen molar-refractivity contribution < 1.29 is 33.7 Å². The number of carbonyl (C=O) groups is 3. The number of Topliss-reactive ketones (excluding diaryl/α,β-unsaturated/α-hetero) is 1. The minimum absolute atomic E-state index is 0.0197. The van der Waals surface area contributed by atoms with Gasteiger partial charge in [-0.15, -0.1) is 0 Å². The minimum Gasteiger partial charge on any atom is -0.454 e. The van der Waals surface area contributed by atoms with Gasteiger partial charge >= 0.3 is 6.09 Å².